The lowest BCUT2D eigenvalue weighted by atomic mass is 10.2. The molecule has 166 valence electrons. The first-order chi connectivity index (χ1) is 14.6. The van der Waals surface area contributed by atoms with Crippen molar-refractivity contribution in [2.45, 2.75) is 39.0 Å². The molecule has 2 amide bonds. The van der Waals surface area contributed by atoms with Crippen LogP contribution in [0.3, 0.4) is 0 Å². The third kappa shape index (κ3) is 7.29. The first kappa shape index (κ1) is 22.6. The molecule has 4 N–H and O–H groups in total. The van der Waals surface area contributed by atoms with Crippen LogP contribution in [0.2, 0.25) is 0 Å². The summed E-state index contributed by atoms with van der Waals surface area (Å²) in [4.78, 5) is 29.4. The van der Waals surface area contributed by atoms with Crippen LogP contribution in [0.4, 0.5) is 11.4 Å². The van der Waals surface area contributed by atoms with Crippen LogP contribution in [-0.4, -0.2) is 70.7 Å². The molecule has 7 nitrogen and oxygen atoms in total. The van der Waals surface area contributed by atoms with Crippen LogP contribution in [0.1, 0.15) is 39.0 Å². The van der Waals surface area contributed by atoms with Crippen molar-refractivity contribution < 1.29 is 19.4 Å². The van der Waals surface area contributed by atoms with Gasteiger partial charge < -0.3 is 25.3 Å². The number of carbonyl (C=O) groups excluding carboxylic acids is 2. The molecule has 0 unspecified atom stereocenters. The second-order valence-corrected chi connectivity index (χ2v) is 8.70. The smallest absolute Gasteiger partial charge is 0.279 e. The van der Waals surface area contributed by atoms with Crippen molar-refractivity contribution >= 4 is 23.2 Å². The summed E-state index contributed by atoms with van der Waals surface area (Å²) in [6.45, 7) is 9.83. The highest BCUT2D eigenvalue weighted by molar-refractivity contribution is 5.91. The van der Waals surface area contributed by atoms with E-state index in [4.69, 9.17) is 0 Å². The van der Waals surface area contributed by atoms with Crippen LogP contribution in [0, 0.1) is 0 Å². The molecule has 0 aliphatic carbocycles. The van der Waals surface area contributed by atoms with Gasteiger partial charge in [0.05, 0.1) is 0 Å². The summed E-state index contributed by atoms with van der Waals surface area (Å²) in [6.07, 6.45) is 6.15. The molecule has 2 heterocycles. The molecule has 2 saturated heterocycles. The predicted octanol–water partition coefficient (Wildman–Crippen LogP) is -0.685. The summed E-state index contributed by atoms with van der Waals surface area (Å²) < 4.78 is 0. The van der Waals surface area contributed by atoms with Crippen molar-refractivity contribution in [1.29, 1.82) is 0 Å². The van der Waals surface area contributed by atoms with Gasteiger partial charge in [-0.05, 0) is 43.5 Å². The number of nitrogens with one attached hydrogen (secondary N) is 4. The van der Waals surface area contributed by atoms with E-state index in [0.717, 1.165) is 57.9 Å². The number of nitrogens with zero attached hydrogens (tertiary/aromatic N) is 1. The Hall–Kier alpha value is -2.12. The van der Waals surface area contributed by atoms with Crippen LogP contribution >= 0.6 is 0 Å². The summed E-state index contributed by atoms with van der Waals surface area (Å²) >= 11 is 0. The minimum atomic E-state index is 0.0664. The molecule has 2 aliphatic heterocycles. The first-order valence-corrected chi connectivity index (χ1v) is 11.7. The Morgan fingerprint density at radius 3 is 2.00 bits per heavy atom. The molecule has 2 aliphatic rings. The fraction of sp³-hybridized carbons (Fsp3) is 0.652. The molecule has 7 heteroatoms. The Balaban J connectivity index is 1.38. The highest BCUT2D eigenvalue weighted by Crippen LogP contribution is 2.21. The number of quaternary nitrogens is 2. The van der Waals surface area contributed by atoms with Gasteiger partial charge in [-0.3, -0.25) is 9.59 Å². The van der Waals surface area contributed by atoms with Gasteiger partial charge in [0.2, 0.25) is 0 Å². The van der Waals surface area contributed by atoms with Gasteiger partial charge in [0, 0.05) is 31.0 Å². The Bertz CT molecular complexity index is 663. The number of hydrogen-bond acceptors (Lipinski definition) is 3. The van der Waals surface area contributed by atoms with Crippen LogP contribution in [-0.2, 0) is 9.59 Å². The van der Waals surface area contributed by atoms with Crippen LogP contribution in [0.15, 0.2) is 24.3 Å². The van der Waals surface area contributed by atoms with Crippen molar-refractivity contribution in [2.24, 2.45) is 0 Å². The van der Waals surface area contributed by atoms with Crippen LogP contribution in [0.5, 0.6) is 0 Å². The topological polar surface area (TPSA) is 70.3 Å². The second kappa shape index (κ2) is 11.9. The van der Waals surface area contributed by atoms with Gasteiger partial charge in [0.1, 0.15) is 26.2 Å². The number of piperazine rings is 1. The maximum atomic E-state index is 12.5. The molecule has 1 aromatic carbocycles. The zero-order valence-electron chi connectivity index (χ0n) is 18.5. The largest absolute Gasteiger partial charge is 0.372 e. The summed E-state index contributed by atoms with van der Waals surface area (Å²) in [5.41, 5.74) is 2.12. The van der Waals surface area contributed by atoms with Crippen molar-refractivity contribution in [2.75, 3.05) is 69.1 Å². The van der Waals surface area contributed by atoms with Crippen molar-refractivity contribution in [3.05, 3.63) is 24.3 Å². The zero-order chi connectivity index (χ0) is 21.2. The minimum Gasteiger partial charge on any atom is -0.372 e. The standard InChI is InChI=1S/C23H37N5O2/c1-2-11-24-22(29)18-26-14-16-27(17-15-26)19-23(30)25-20-7-9-21(10-8-20)28-12-5-3-4-6-13-28/h7-10H,2-6,11-19H2,1H3,(H,24,29)(H,25,30)/p+2. The Morgan fingerprint density at radius 1 is 0.867 bits per heavy atom. The lowest BCUT2D eigenvalue weighted by Crippen LogP contribution is -3.28. The van der Waals surface area contributed by atoms with Gasteiger partial charge in [-0.15, -0.1) is 0 Å². The van der Waals surface area contributed by atoms with E-state index in [9.17, 15) is 9.59 Å². The van der Waals surface area contributed by atoms with E-state index in [2.05, 4.69) is 34.6 Å². The quantitative estimate of drug-likeness (QED) is 0.453. The lowest BCUT2D eigenvalue weighted by molar-refractivity contribution is -1.00. The molecule has 2 fully saturated rings. The van der Waals surface area contributed by atoms with E-state index in [0.29, 0.717) is 13.1 Å². The highest BCUT2D eigenvalue weighted by Gasteiger charge is 2.26. The van der Waals surface area contributed by atoms with E-state index < -0.39 is 0 Å². The first-order valence-electron chi connectivity index (χ1n) is 11.7. The second-order valence-electron chi connectivity index (χ2n) is 8.70. The van der Waals surface area contributed by atoms with Crippen LogP contribution < -0.4 is 25.3 Å². The summed E-state index contributed by atoms with van der Waals surface area (Å²) in [6, 6.07) is 8.29. The fourth-order valence-corrected chi connectivity index (χ4v) is 4.38. The van der Waals surface area contributed by atoms with E-state index in [1.807, 2.05) is 12.1 Å². The number of hydrogen-bond donors (Lipinski definition) is 4. The van der Waals surface area contributed by atoms with E-state index >= 15 is 0 Å². The summed E-state index contributed by atoms with van der Waals surface area (Å²) in [7, 11) is 0. The lowest BCUT2D eigenvalue weighted by Gasteiger charge is -2.29. The number of benzene rings is 1. The van der Waals surface area contributed by atoms with Crippen molar-refractivity contribution in [3.63, 3.8) is 0 Å². The third-order valence-corrected chi connectivity index (χ3v) is 6.18. The molecular formula is C23H39N5O2+2. The average molecular weight is 418 g/mol. The monoisotopic (exact) mass is 417 g/mol. The van der Waals surface area contributed by atoms with Gasteiger partial charge in [0.25, 0.3) is 11.8 Å². The SMILES string of the molecule is CCCNC(=O)C[NH+]1CC[NH+](CC(=O)Nc2ccc(N3CCCCCC3)cc2)CC1. The molecule has 30 heavy (non-hydrogen) atoms. The third-order valence-electron chi connectivity index (χ3n) is 6.18. The molecule has 0 radical (unpaired) electrons. The van der Waals surface area contributed by atoms with E-state index in [1.165, 1.54) is 41.2 Å². The van der Waals surface area contributed by atoms with Gasteiger partial charge in [-0.1, -0.05) is 19.8 Å². The maximum Gasteiger partial charge on any atom is 0.279 e. The molecule has 1 aromatic rings. The van der Waals surface area contributed by atoms with Gasteiger partial charge in [-0.2, -0.15) is 0 Å². The number of anilines is 2. The van der Waals surface area contributed by atoms with E-state index in [-0.39, 0.29) is 11.8 Å². The van der Waals surface area contributed by atoms with Crippen molar-refractivity contribution in [1.82, 2.24) is 5.32 Å². The number of amides is 2. The van der Waals surface area contributed by atoms with Gasteiger partial charge in [-0.25, -0.2) is 0 Å². The predicted molar refractivity (Wildman–Crippen MR) is 120 cm³/mol. The minimum absolute atomic E-state index is 0.0664. The van der Waals surface area contributed by atoms with Gasteiger partial charge in [0.15, 0.2) is 13.1 Å². The average Bonchev–Trinajstić information content (AvgIpc) is 3.04. The number of carbonyl (C=O) groups is 2. The Labute approximate surface area is 180 Å². The van der Waals surface area contributed by atoms with Crippen molar-refractivity contribution in [3.8, 4) is 0 Å². The molecule has 0 bridgehead atoms. The Kier molecular flexibility index (Phi) is 8.96. The normalized spacial score (nSPS) is 22.2. The summed E-state index contributed by atoms with van der Waals surface area (Å²) in [5.74, 6) is 0.202. The summed E-state index contributed by atoms with van der Waals surface area (Å²) in [5, 5.41) is 5.99. The molecule has 0 saturated carbocycles. The molecule has 0 spiro atoms. The highest BCUT2D eigenvalue weighted by atomic mass is 16.2. The fourth-order valence-electron chi connectivity index (χ4n) is 4.38. The molecule has 0 aromatic heterocycles. The maximum absolute atomic E-state index is 12.5. The van der Waals surface area contributed by atoms with Crippen LogP contribution in [0.25, 0.3) is 0 Å². The molecule has 3 rings (SSSR count). The molecular weight excluding hydrogens is 378 g/mol. The number of rotatable bonds is 8. The van der Waals surface area contributed by atoms with Gasteiger partial charge >= 0.3 is 0 Å². The van der Waals surface area contributed by atoms with E-state index in [1.54, 1.807) is 0 Å². The molecule has 0 atom stereocenters. The zero-order valence-corrected chi connectivity index (χ0v) is 18.5. The Morgan fingerprint density at radius 2 is 1.43 bits per heavy atom.